The lowest BCUT2D eigenvalue weighted by Gasteiger charge is -2.34. The second-order valence-corrected chi connectivity index (χ2v) is 7.30. The topological polar surface area (TPSA) is 73.5 Å². The number of piperazine rings is 1. The summed E-state index contributed by atoms with van der Waals surface area (Å²) in [5, 5.41) is 9.41. The van der Waals surface area contributed by atoms with Crippen LogP contribution in [-0.2, 0) is 4.79 Å². The van der Waals surface area contributed by atoms with Crippen molar-refractivity contribution >= 4 is 17.5 Å². The van der Waals surface area contributed by atoms with Gasteiger partial charge in [-0.05, 0) is 43.7 Å². The van der Waals surface area contributed by atoms with Crippen LogP contribution in [0.25, 0.3) is 0 Å². The Morgan fingerprint density at radius 3 is 2.50 bits per heavy atom. The van der Waals surface area contributed by atoms with E-state index in [1.807, 2.05) is 36.2 Å². The van der Waals surface area contributed by atoms with E-state index in [0.717, 1.165) is 57.5 Å². The Morgan fingerprint density at radius 2 is 1.81 bits per heavy atom. The predicted molar refractivity (Wildman–Crippen MR) is 103 cm³/mol. The molecule has 3 N–H and O–H groups in total. The third-order valence-corrected chi connectivity index (χ3v) is 5.62. The molecule has 0 radical (unpaired) electrons. The number of rotatable bonds is 5. The van der Waals surface area contributed by atoms with Gasteiger partial charge in [-0.3, -0.25) is 9.59 Å². The van der Waals surface area contributed by atoms with Crippen molar-refractivity contribution in [3.05, 3.63) is 29.8 Å². The number of amides is 2. The summed E-state index contributed by atoms with van der Waals surface area (Å²) in [6.07, 6.45) is 3.90. The fourth-order valence-electron chi connectivity index (χ4n) is 3.99. The lowest BCUT2D eigenvalue weighted by atomic mass is 9.81. The van der Waals surface area contributed by atoms with Gasteiger partial charge in [-0.15, -0.1) is 0 Å². The molecule has 142 valence electrons. The number of nitrogens with zero attached hydrogens (tertiary/aromatic N) is 1. The highest BCUT2D eigenvalue weighted by atomic mass is 16.2. The molecule has 26 heavy (non-hydrogen) atoms. The van der Waals surface area contributed by atoms with Gasteiger partial charge >= 0.3 is 0 Å². The molecule has 6 heteroatoms. The zero-order chi connectivity index (χ0) is 18.4. The number of carbonyl (C=O) groups is 2. The first kappa shape index (κ1) is 18.7. The number of anilines is 1. The van der Waals surface area contributed by atoms with Crippen molar-refractivity contribution in [2.45, 2.75) is 25.7 Å². The highest BCUT2D eigenvalue weighted by Gasteiger charge is 2.30. The minimum atomic E-state index is -0.0334. The smallest absolute Gasteiger partial charge is 0.253 e. The highest BCUT2D eigenvalue weighted by Crippen LogP contribution is 2.30. The van der Waals surface area contributed by atoms with Crippen LogP contribution in [0.2, 0.25) is 0 Å². The van der Waals surface area contributed by atoms with E-state index in [-0.39, 0.29) is 11.8 Å². The predicted octanol–water partition coefficient (Wildman–Crippen LogP) is 1.70. The summed E-state index contributed by atoms with van der Waals surface area (Å²) in [5.74, 6) is 0.934. The van der Waals surface area contributed by atoms with Gasteiger partial charge in [0.1, 0.15) is 0 Å². The average molecular weight is 358 g/mol. The summed E-state index contributed by atoms with van der Waals surface area (Å²) in [4.78, 5) is 27.0. The van der Waals surface area contributed by atoms with Crippen molar-refractivity contribution < 1.29 is 9.59 Å². The third-order valence-electron chi connectivity index (χ3n) is 5.62. The van der Waals surface area contributed by atoms with Gasteiger partial charge in [-0.1, -0.05) is 12.1 Å². The van der Waals surface area contributed by atoms with Crippen LogP contribution in [0.5, 0.6) is 0 Å². The molecule has 0 unspecified atom stereocenters. The van der Waals surface area contributed by atoms with Crippen LogP contribution < -0.4 is 16.0 Å². The largest absolute Gasteiger partial charge is 0.387 e. The highest BCUT2D eigenvalue weighted by molar-refractivity contribution is 5.99. The lowest BCUT2D eigenvalue weighted by molar-refractivity contribution is -0.137. The van der Waals surface area contributed by atoms with Crippen molar-refractivity contribution in [2.24, 2.45) is 11.8 Å². The fraction of sp³-hybridized carbons (Fsp3) is 0.600. The number of para-hydroxylation sites is 1. The molecular weight excluding hydrogens is 328 g/mol. The first-order valence-corrected chi connectivity index (χ1v) is 9.73. The normalized spacial score (nSPS) is 23.3. The van der Waals surface area contributed by atoms with Gasteiger partial charge in [0.05, 0.1) is 5.56 Å². The summed E-state index contributed by atoms with van der Waals surface area (Å²) in [7, 11) is 1.82. The maximum absolute atomic E-state index is 12.6. The van der Waals surface area contributed by atoms with Crippen molar-refractivity contribution in [1.29, 1.82) is 0 Å². The molecule has 1 aliphatic heterocycles. The minimum absolute atomic E-state index is 0.0334. The molecule has 0 aromatic heterocycles. The van der Waals surface area contributed by atoms with Gasteiger partial charge in [-0.25, -0.2) is 0 Å². The average Bonchev–Trinajstić information content (AvgIpc) is 2.72. The Labute approximate surface area is 155 Å². The monoisotopic (exact) mass is 358 g/mol. The van der Waals surface area contributed by atoms with Gasteiger partial charge in [-0.2, -0.15) is 0 Å². The molecule has 1 aromatic rings. The third kappa shape index (κ3) is 4.55. The van der Waals surface area contributed by atoms with Crippen LogP contribution in [0.4, 0.5) is 5.69 Å². The summed E-state index contributed by atoms with van der Waals surface area (Å²) in [6.45, 7) is 4.16. The quantitative estimate of drug-likeness (QED) is 0.749. The van der Waals surface area contributed by atoms with Crippen molar-refractivity contribution in [2.75, 3.05) is 45.1 Å². The zero-order valence-corrected chi connectivity index (χ0v) is 15.6. The molecule has 0 bridgehead atoms. The lowest BCUT2D eigenvalue weighted by Crippen LogP contribution is -2.49. The molecule has 1 aliphatic carbocycles. The van der Waals surface area contributed by atoms with Crippen LogP contribution in [0.1, 0.15) is 36.0 Å². The van der Waals surface area contributed by atoms with Crippen LogP contribution in [0, 0.1) is 11.8 Å². The van der Waals surface area contributed by atoms with Crippen molar-refractivity contribution in [3.63, 3.8) is 0 Å². The number of carbonyl (C=O) groups excluding carboxylic acids is 2. The molecule has 1 aromatic carbocycles. The maximum Gasteiger partial charge on any atom is 0.253 e. The van der Waals surface area contributed by atoms with Gasteiger partial charge in [0, 0.05) is 51.4 Å². The Bertz CT molecular complexity index is 620. The number of hydrogen-bond acceptors (Lipinski definition) is 4. The molecule has 3 rings (SSSR count). The van der Waals surface area contributed by atoms with Gasteiger partial charge in [0.15, 0.2) is 0 Å². The second kappa shape index (κ2) is 9.03. The number of nitrogens with one attached hydrogen (secondary N) is 3. The molecule has 1 heterocycles. The molecule has 2 amide bonds. The van der Waals surface area contributed by atoms with Crippen molar-refractivity contribution in [1.82, 2.24) is 15.5 Å². The number of benzene rings is 1. The van der Waals surface area contributed by atoms with Crippen LogP contribution in [-0.4, -0.2) is 56.5 Å². The summed E-state index contributed by atoms with van der Waals surface area (Å²) in [5.41, 5.74) is 1.52. The van der Waals surface area contributed by atoms with E-state index in [0.29, 0.717) is 23.9 Å². The van der Waals surface area contributed by atoms with Gasteiger partial charge < -0.3 is 20.9 Å². The van der Waals surface area contributed by atoms with E-state index in [9.17, 15) is 9.59 Å². The van der Waals surface area contributed by atoms with Crippen LogP contribution >= 0.6 is 0 Å². The Balaban J connectivity index is 1.44. The van der Waals surface area contributed by atoms with E-state index in [4.69, 9.17) is 0 Å². The maximum atomic E-state index is 12.6. The fourth-order valence-corrected chi connectivity index (χ4v) is 3.99. The summed E-state index contributed by atoms with van der Waals surface area (Å²) in [6, 6.07) is 7.54. The van der Waals surface area contributed by atoms with E-state index >= 15 is 0 Å². The van der Waals surface area contributed by atoms with Crippen LogP contribution in [0.3, 0.4) is 0 Å². The Hall–Kier alpha value is -2.08. The second-order valence-electron chi connectivity index (χ2n) is 7.30. The van der Waals surface area contributed by atoms with Gasteiger partial charge in [0.2, 0.25) is 5.91 Å². The van der Waals surface area contributed by atoms with E-state index in [1.165, 1.54) is 0 Å². The molecule has 0 atom stereocenters. The van der Waals surface area contributed by atoms with Crippen molar-refractivity contribution in [3.8, 4) is 0 Å². The van der Waals surface area contributed by atoms with E-state index in [2.05, 4.69) is 16.0 Å². The molecule has 6 nitrogen and oxygen atoms in total. The first-order valence-electron chi connectivity index (χ1n) is 9.73. The van der Waals surface area contributed by atoms with E-state index < -0.39 is 0 Å². The molecule has 2 aliphatic rings. The standard InChI is InChI=1S/C20H30N4O2/c1-21-18-5-3-2-4-17(18)19(25)23-14-15-6-8-16(9-7-15)20(26)24-12-10-22-11-13-24/h2-5,15-16,21-22H,6-14H2,1H3,(H,23,25). The molecule has 1 saturated heterocycles. The Kier molecular flexibility index (Phi) is 6.50. The van der Waals surface area contributed by atoms with Gasteiger partial charge in [0.25, 0.3) is 5.91 Å². The molecule has 2 fully saturated rings. The minimum Gasteiger partial charge on any atom is -0.387 e. The zero-order valence-electron chi connectivity index (χ0n) is 15.6. The SMILES string of the molecule is CNc1ccccc1C(=O)NCC1CCC(C(=O)N2CCNCC2)CC1. The molecule has 1 saturated carbocycles. The Morgan fingerprint density at radius 1 is 1.12 bits per heavy atom. The molecular formula is C20H30N4O2. The van der Waals surface area contributed by atoms with Crippen LogP contribution in [0.15, 0.2) is 24.3 Å². The summed E-state index contributed by atoms with van der Waals surface area (Å²) >= 11 is 0. The number of hydrogen-bond donors (Lipinski definition) is 3. The molecule has 0 spiro atoms. The van der Waals surface area contributed by atoms with E-state index in [1.54, 1.807) is 0 Å². The first-order chi connectivity index (χ1) is 12.7. The summed E-state index contributed by atoms with van der Waals surface area (Å²) < 4.78 is 0.